The summed E-state index contributed by atoms with van der Waals surface area (Å²) in [5, 5.41) is 24.1. The van der Waals surface area contributed by atoms with Crippen molar-refractivity contribution in [2.24, 2.45) is 0 Å². The minimum absolute atomic E-state index is 0.846. The van der Waals surface area contributed by atoms with Crippen LogP contribution in [0.1, 0.15) is 0 Å². The van der Waals surface area contributed by atoms with Gasteiger partial charge in [-0.3, -0.25) is 0 Å². The molecule has 2 heterocycles. The summed E-state index contributed by atoms with van der Waals surface area (Å²) in [5.74, 6) is 0. The Morgan fingerprint density at radius 2 is 0.719 bits per heavy atom. The molecule has 96 heavy (non-hydrogen) atoms. The normalized spacial score (nSPS) is 12.0. The number of hydrogen-bond donors (Lipinski definition) is 0. The van der Waals surface area contributed by atoms with Crippen LogP contribution in [0.4, 0.5) is 34.1 Å². The molecule has 20 aromatic rings. The van der Waals surface area contributed by atoms with Crippen molar-refractivity contribution in [3.05, 3.63) is 340 Å². The van der Waals surface area contributed by atoms with Gasteiger partial charge in [0.1, 0.15) is 11.2 Å². The predicted molar refractivity (Wildman–Crippen MR) is 412 cm³/mol. The second-order valence-corrected chi connectivity index (χ2v) is 26.5. The fraction of sp³-hybridized carbons (Fsp3) is 0. The van der Waals surface area contributed by atoms with Crippen LogP contribution in [0.5, 0.6) is 0 Å². The van der Waals surface area contributed by atoms with Gasteiger partial charge in [0.05, 0.1) is 17.1 Å². The summed E-state index contributed by atoms with van der Waals surface area (Å²) in [5.41, 5.74) is 15.0. The van der Waals surface area contributed by atoms with Crippen LogP contribution in [0.3, 0.4) is 0 Å². The predicted octanol–water partition coefficient (Wildman–Crippen LogP) is 27.1. The first kappa shape index (κ1) is 54.2. The lowest BCUT2D eigenvalue weighted by atomic mass is 9.92. The van der Waals surface area contributed by atoms with E-state index < -0.39 is 0 Å². The fourth-order valence-electron chi connectivity index (χ4n) is 15.7. The Morgan fingerprint density at radius 3 is 1.44 bits per heavy atom. The van der Waals surface area contributed by atoms with Crippen LogP contribution in [0.2, 0.25) is 0 Å². The van der Waals surface area contributed by atoms with Crippen molar-refractivity contribution in [2.75, 3.05) is 9.80 Å². The number of rotatable bonds is 9. The monoisotopic (exact) mass is 1240 g/mol. The first-order chi connectivity index (χ1) is 47.6. The van der Waals surface area contributed by atoms with E-state index in [0.717, 1.165) is 83.7 Å². The summed E-state index contributed by atoms with van der Waals surface area (Å²) >= 11 is 1.87. The van der Waals surface area contributed by atoms with Gasteiger partial charge in [-0.2, -0.15) is 0 Å². The van der Waals surface area contributed by atoms with E-state index in [9.17, 15) is 0 Å². The average molecular weight is 1240 g/mol. The zero-order valence-electron chi connectivity index (χ0n) is 52.0. The van der Waals surface area contributed by atoms with E-state index in [1.54, 1.807) is 0 Å². The quantitative estimate of drug-likeness (QED) is 0.134. The zero-order valence-corrected chi connectivity index (χ0v) is 52.9. The van der Waals surface area contributed by atoms with Gasteiger partial charge in [0, 0.05) is 69.7 Å². The van der Waals surface area contributed by atoms with Gasteiger partial charge in [-0.05, 0) is 177 Å². The van der Waals surface area contributed by atoms with Crippen molar-refractivity contribution >= 4 is 174 Å². The molecule has 0 bridgehead atoms. The molecule has 0 saturated heterocycles. The van der Waals surface area contributed by atoms with Gasteiger partial charge in [-0.15, -0.1) is 11.3 Å². The summed E-state index contributed by atoms with van der Waals surface area (Å²) < 4.78 is 9.75. The standard InChI is InChI=1S/C92H56N2OS/c1-4-22-69-58(17-1)20-13-34-84(69)94(85-35-14-21-62-39-37-59-18-2-5-23-70(59)89(62)85)67-46-41-57(42-47-67)63-45-52-87-83(54-63)80-32-15-30-72(91(80)95-87)65-53-64-40-38-60-19-3-6-24-71(60)90(64)86(55-65)93(68-50-51-78-76-27-8-7-25-74(76)75-26-9-10-28-77(75)82(78)56-68)66-48-43-61(44-49-66)73-31-16-33-81-79-29-11-12-36-88(79)96-92(73)81/h1-56H. The highest BCUT2D eigenvalue weighted by Crippen LogP contribution is 2.50. The molecule has 0 radical (unpaired) electrons. The van der Waals surface area contributed by atoms with Crippen LogP contribution in [0.15, 0.2) is 344 Å². The Hall–Kier alpha value is -12.3. The maximum Gasteiger partial charge on any atom is 0.143 e. The maximum atomic E-state index is 7.14. The highest BCUT2D eigenvalue weighted by Gasteiger charge is 2.25. The number of nitrogens with zero attached hydrogens (tertiary/aromatic N) is 2. The van der Waals surface area contributed by atoms with Gasteiger partial charge in [-0.25, -0.2) is 0 Å². The molecule has 0 N–H and O–H groups in total. The number of para-hydroxylation sites is 1. The van der Waals surface area contributed by atoms with Crippen LogP contribution >= 0.6 is 11.3 Å². The van der Waals surface area contributed by atoms with E-state index in [1.165, 1.54) is 112 Å². The molecule has 3 nitrogen and oxygen atoms in total. The summed E-state index contributed by atoms with van der Waals surface area (Å²) in [6, 6.07) is 126. The van der Waals surface area contributed by atoms with Crippen molar-refractivity contribution in [2.45, 2.75) is 0 Å². The smallest absolute Gasteiger partial charge is 0.143 e. The number of furan rings is 1. The Balaban J connectivity index is 0.747. The zero-order chi connectivity index (χ0) is 63.0. The highest BCUT2D eigenvalue weighted by molar-refractivity contribution is 7.26. The van der Waals surface area contributed by atoms with Gasteiger partial charge in [0.15, 0.2) is 0 Å². The lowest BCUT2D eigenvalue weighted by Crippen LogP contribution is -2.11. The third-order valence-corrected chi connectivity index (χ3v) is 21.4. The van der Waals surface area contributed by atoms with Crippen LogP contribution in [-0.2, 0) is 0 Å². The van der Waals surface area contributed by atoms with Gasteiger partial charge in [0.2, 0.25) is 0 Å². The van der Waals surface area contributed by atoms with E-state index in [2.05, 4.69) is 350 Å². The highest BCUT2D eigenvalue weighted by atomic mass is 32.1. The number of benzene rings is 18. The number of anilines is 6. The minimum atomic E-state index is 0.846. The fourth-order valence-corrected chi connectivity index (χ4v) is 17.0. The largest absolute Gasteiger partial charge is 0.455 e. The van der Waals surface area contributed by atoms with Gasteiger partial charge < -0.3 is 14.2 Å². The molecule has 18 aromatic carbocycles. The van der Waals surface area contributed by atoms with Gasteiger partial charge in [0.25, 0.3) is 0 Å². The molecule has 4 heteroatoms. The molecule has 0 unspecified atom stereocenters. The third-order valence-electron chi connectivity index (χ3n) is 20.2. The first-order valence-electron chi connectivity index (χ1n) is 32.9. The Labute approximate surface area is 557 Å². The Kier molecular flexibility index (Phi) is 12.2. The minimum Gasteiger partial charge on any atom is -0.455 e. The summed E-state index contributed by atoms with van der Waals surface area (Å²) in [4.78, 5) is 4.96. The van der Waals surface area contributed by atoms with Crippen molar-refractivity contribution in [1.29, 1.82) is 0 Å². The summed E-state index contributed by atoms with van der Waals surface area (Å²) in [6.45, 7) is 0. The van der Waals surface area contributed by atoms with Crippen LogP contribution < -0.4 is 9.80 Å². The molecular weight excluding hydrogens is 1180 g/mol. The van der Waals surface area contributed by atoms with Crippen molar-refractivity contribution in [1.82, 2.24) is 0 Å². The van der Waals surface area contributed by atoms with E-state index in [-0.39, 0.29) is 0 Å². The average Bonchev–Trinajstić information content (AvgIpc) is 0.858. The number of hydrogen-bond acceptors (Lipinski definition) is 4. The van der Waals surface area contributed by atoms with Gasteiger partial charge in [-0.1, -0.05) is 261 Å². The lowest BCUT2D eigenvalue weighted by molar-refractivity contribution is 0.670. The molecule has 446 valence electrons. The molecule has 0 aliphatic carbocycles. The number of thiophene rings is 1. The Bertz CT molecular complexity index is 6560. The van der Waals surface area contributed by atoms with Crippen LogP contribution in [-0.4, -0.2) is 0 Å². The molecule has 20 rings (SSSR count). The topological polar surface area (TPSA) is 19.6 Å². The second kappa shape index (κ2) is 21.6. The van der Waals surface area contributed by atoms with E-state index in [1.807, 2.05) is 11.3 Å². The molecule has 0 aliphatic rings. The van der Waals surface area contributed by atoms with E-state index in [0.29, 0.717) is 0 Å². The van der Waals surface area contributed by atoms with Crippen molar-refractivity contribution < 1.29 is 4.42 Å². The van der Waals surface area contributed by atoms with Crippen LogP contribution in [0.25, 0.3) is 162 Å². The second-order valence-electron chi connectivity index (χ2n) is 25.4. The lowest BCUT2D eigenvalue weighted by Gasteiger charge is -2.29. The SMILES string of the molecule is c1ccc2c(N(c3ccc(-c4ccc5oc6c(-c7cc(N(c8ccc(-c9cccc%10c9sc9ccccc9%10)cc8)c8ccc9c%10ccccc%10c%10ccccc%10c9c8)c8c(ccc9ccccc98)c7)cccc6c5c4)cc3)c3cccc4ccc5ccccc5c34)cccc2c1. The molecular formula is C92H56N2OS. The molecule has 2 aromatic heterocycles. The van der Waals surface area contributed by atoms with Gasteiger partial charge >= 0.3 is 0 Å². The number of fused-ring (bicyclic) bond motifs is 19. The summed E-state index contributed by atoms with van der Waals surface area (Å²) in [7, 11) is 0. The maximum absolute atomic E-state index is 7.14. The third kappa shape index (κ3) is 8.52. The van der Waals surface area contributed by atoms with E-state index >= 15 is 0 Å². The molecule has 0 saturated carbocycles. The molecule has 0 fully saturated rings. The molecule has 0 aliphatic heterocycles. The first-order valence-corrected chi connectivity index (χ1v) is 33.8. The molecule has 0 spiro atoms. The summed E-state index contributed by atoms with van der Waals surface area (Å²) in [6.07, 6.45) is 0. The molecule has 0 amide bonds. The van der Waals surface area contributed by atoms with Crippen molar-refractivity contribution in [3.63, 3.8) is 0 Å². The van der Waals surface area contributed by atoms with E-state index in [4.69, 9.17) is 4.42 Å². The van der Waals surface area contributed by atoms with Crippen molar-refractivity contribution in [3.8, 4) is 33.4 Å². The molecule has 0 atom stereocenters. The van der Waals surface area contributed by atoms with Crippen LogP contribution in [0, 0.1) is 0 Å². The Morgan fingerprint density at radius 1 is 0.229 bits per heavy atom.